The summed E-state index contributed by atoms with van der Waals surface area (Å²) in [4.78, 5) is 12.4. The van der Waals surface area contributed by atoms with Gasteiger partial charge in [-0.2, -0.15) is 0 Å². The zero-order valence-corrected chi connectivity index (χ0v) is 12.4. The summed E-state index contributed by atoms with van der Waals surface area (Å²) in [6.07, 6.45) is 1.71. The molecule has 0 spiro atoms. The topological polar surface area (TPSA) is 35.5 Å². The summed E-state index contributed by atoms with van der Waals surface area (Å²) in [5.41, 5.74) is 2.25. The average molecular weight is 301 g/mol. The maximum atomic E-state index is 12.4. The summed E-state index contributed by atoms with van der Waals surface area (Å²) >= 11 is 5.85. The molecule has 1 heterocycles. The molecule has 0 unspecified atom stereocenters. The molecule has 0 atom stereocenters. The van der Waals surface area contributed by atoms with Crippen molar-refractivity contribution < 1.29 is 14.3 Å². The number of carbonyl (C=O) groups is 1. The van der Waals surface area contributed by atoms with Crippen LogP contribution in [0, 0.1) is 6.92 Å². The van der Waals surface area contributed by atoms with Crippen LogP contribution >= 0.6 is 11.6 Å². The van der Waals surface area contributed by atoms with E-state index in [9.17, 15) is 4.79 Å². The van der Waals surface area contributed by atoms with Gasteiger partial charge in [0, 0.05) is 10.6 Å². The van der Waals surface area contributed by atoms with Crippen LogP contribution in [0.25, 0.3) is 6.08 Å². The minimum atomic E-state index is -0.120. The number of benzene rings is 2. The number of ketones is 1. The second-order valence-electron chi connectivity index (χ2n) is 4.76. The van der Waals surface area contributed by atoms with E-state index in [1.54, 1.807) is 37.5 Å². The molecule has 1 aliphatic heterocycles. The number of hydrogen-bond acceptors (Lipinski definition) is 3. The molecule has 3 nitrogen and oxygen atoms in total. The molecule has 106 valence electrons. The Morgan fingerprint density at radius 1 is 1.14 bits per heavy atom. The molecular weight excluding hydrogens is 288 g/mol. The van der Waals surface area contributed by atoms with Crippen LogP contribution in [0.2, 0.25) is 5.02 Å². The Balaban J connectivity index is 2.00. The summed E-state index contributed by atoms with van der Waals surface area (Å²) in [5.74, 6) is 1.46. The first-order valence-electron chi connectivity index (χ1n) is 6.47. The van der Waals surface area contributed by atoms with E-state index in [0.29, 0.717) is 27.8 Å². The normalized spacial score (nSPS) is 15.0. The quantitative estimate of drug-likeness (QED) is 0.777. The molecule has 4 heteroatoms. The fraction of sp³-hybridized carbons (Fsp3) is 0.118. The third-order valence-corrected chi connectivity index (χ3v) is 3.68. The molecule has 2 aromatic rings. The summed E-state index contributed by atoms with van der Waals surface area (Å²) in [7, 11) is 1.59. The number of methoxy groups -OCH3 is 1. The predicted octanol–water partition coefficient (Wildman–Crippen LogP) is 4.27. The first kappa shape index (κ1) is 13.7. The summed E-state index contributed by atoms with van der Waals surface area (Å²) in [5, 5.41) is 0.652. The number of Topliss-reactive ketones (excluding diaryl/α,β-unsaturated/α-hetero) is 1. The Kier molecular flexibility index (Phi) is 3.43. The molecule has 0 aliphatic carbocycles. The molecular formula is C17H13ClO3. The van der Waals surface area contributed by atoms with Gasteiger partial charge in [0.25, 0.3) is 0 Å². The van der Waals surface area contributed by atoms with Crippen molar-refractivity contribution >= 4 is 23.5 Å². The molecule has 3 rings (SSSR count). The van der Waals surface area contributed by atoms with Crippen molar-refractivity contribution in [2.24, 2.45) is 0 Å². The highest BCUT2D eigenvalue weighted by Crippen LogP contribution is 2.39. The largest absolute Gasteiger partial charge is 0.496 e. The Morgan fingerprint density at radius 2 is 1.86 bits per heavy atom. The van der Waals surface area contributed by atoms with E-state index >= 15 is 0 Å². The van der Waals surface area contributed by atoms with Gasteiger partial charge in [-0.1, -0.05) is 23.7 Å². The van der Waals surface area contributed by atoms with Gasteiger partial charge in [-0.05, 0) is 42.8 Å². The molecule has 0 fully saturated rings. The van der Waals surface area contributed by atoms with Crippen molar-refractivity contribution in [1.82, 2.24) is 0 Å². The van der Waals surface area contributed by atoms with Crippen molar-refractivity contribution in [2.75, 3.05) is 7.11 Å². The van der Waals surface area contributed by atoms with Crippen LogP contribution < -0.4 is 9.47 Å². The number of rotatable bonds is 2. The highest BCUT2D eigenvalue weighted by atomic mass is 35.5. The van der Waals surface area contributed by atoms with Crippen molar-refractivity contribution in [1.29, 1.82) is 0 Å². The number of hydrogen-bond donors (Lipinski definition) is 0. The Bertz CT molecular complexity index is 745. The van der Waals surface area contributed by atoms with Gasteiger partial charge < -0.3 is 9.47 Å². The van der Waals surface area contributed by atoms with Gasteiger partial charge in [-0.15, -0.1) is 0 Å². The van der Waals surface area contributed by atoms with Gasteiger partial charge in [0.15, 0.2) is 5.76 Å². The molecule has 0 radical (unpaired) electrons. The minimum Gasteiger partial charge on any atom is -0.496 e. The number of halogens is 1. The molecule has 0 N–H and O–H groups in total. The third kappa shape index (κ3) is 2.41. The number of fused-ring (bicyclic) bond motifs is 1. The average Bonchev–Trinajstić information content (AvgIpc) is 2.80. The van der Waals surface area contributed by atoms with Crippen molar-refractivity contribution in [3.63, 3.8) is 0 Å². The Morgan fingerprint density at radius 3 is 2.52 bits per heavy atom. The van der Waals surface area contributed by atoms with Crippen LogP contribution in [0.4, 0.5) is 0 Å². The molecule has 0 amide bonds. The zero-order valence-electron chi connectivity index (χ0n) is 11.6. The van der Waals surface area contributed by atoms with Crippen molar-refractivity contribution in [3.05, 3.63) is 63.9 Å². The fourth-order valence-corrected chi connectivity index (χ4v) is 2.43. The van der Waals surface area contributed by atoms with Crippen molar-refractivity contribution in [2.45, 2.75) is 6.92 Å². The maximum absolute atomic E-state index is 12.4. The smallest absolute Gasteiger partial charge is 0.231 e. The molecule has 0 saturated heterocycles. The standard InChI is InChI=1S/C17H13ClO3/c1-10-14(20-2)8-7-13-16(19)15(21-17(10)13)9-11-3-5-12(18)6-4-11/h3-9H,1-2H3/b15-9-. The first-order valence-corrected chi connectivity index (χ1v) is 6.85. The highest BCUT2D eigenvalue weighted by molar-refractivity contribution is 6.30. The Hall–Kier alpha value is -2.26. The number of ether oxygens (including phenoxy) is 2. The second kappa shape index (κ2) is 5.26. The van der Waals surface area contributed by atoms with Gasteiger partial charge >= 0.3 is 0 Å². The van der Waals surface area contributed by atoms with Crippen LogP contribution in [0.5, 0.6) is 11.5 Å². The summed E-state index contributed by atoms with van der Waals surface area (Å²) in [6.45, 7) is 1.87. The van der Waals surface area contributed by atoms with E-state index in [0.717, 1.165) is 11.1 Å². The van der Waals surface area contributed by atoms with Crippen molar-refractivity contribution in [3.8, 4) is 11.5 Å². The predicted molar refractivity (Wildman–Crippen MR) is 82.1 cm³/mol. The van der Waals surface area contributed by atoms with Gasteiger partial charge in [-0.3, -0.25) is 4.79 Å². The van der Waals surface area contributed by atoms with Crippen LogP contribution in [-0.4, -0.2) is 12.9 Å². The molecule has 0 bridgehead atoms. The van der Waals surface area contributed by atoms with E-state index < -0.39 is 0 Å². The molecule has 21 heavy (non-hydrogen) atoms. The number of carbonyl (C=O) groups excluding carboxylic acids is 1. The van der Waals surface area contributed by atoms with Gasteiger partial charge in [0.1, 0.15) is 11.5 Å². The van der Waals surface area contributed by atoms with Crippen LogP contribution in [-0.2, 0) is 0 Å². The SMILES string of the molecule is COc1ccc2c(c1C)O/C(=C\c1ccc(Cl)cc1)C2=O. The summed E-state index contributed by atoms with van der Waals surface area (Å²) < 4.78 is 11.0. The van der Waals surface area contributed by atoms with E-state index in [4.69, 9.17) is 21.1 Å². The molecule has 0 saturated carbocycles. The van der Waals surface area contributed by atoms with E-state index in [1.165, 1.54) is 0 Å². The third-order valence-electron chi connectivity index (χ3n) is 3.42. The maximum Gasteiger partial charge on any atom is 0.231 e. The summed E-state index contributed by atoms with van der Waals surface area (Å²) in [6, 6.07) is 10.7. The lowest BCUT2D eigenvalue weighted by Gasteiger charge is -2.07. The second-order valence-corrected chi connectivity index (χ2v) is 5.20. The zero-order chi connectivity index (χ0) is 15.0. The minimum absolute atomic E-state index is 0.120. The lowest BCUT2D eigenvalue weighted by atomic mass is 10.1. The lowest BCUT2D eigenvalue weighted by molar-refractivity contribution is 0.101. The molecule has 2 aromatic carbocycles. The molecule has 1 aliphatic rings. The van der Waals surface area contributed by atoms with Crippen LogP contribution in [0.1, 0.15) is 21.5 Å². The highest BCUT2D eigenvalue weighted by Gasteiger charge is 2.29. The first-order chi connectivity index (χ1) is 10.1. The fourth-order valence-electron chi connectivity index (χ4n) is 2.30. The van der Waals surface area contributed by atoms with Gasteiger partial charge in [0.2, 0.25) is 5.78 Å². The Labute approximate surface area is 127 Å². The lowest BCUT2D eigenvalue weighted by Crippen LogP contribution is -1.97. The van der Waals surface area contributed by atoms with Gasteiger partial charge in [-0.25, -0.2) is 0 Å². The van der Waals surface area contributed by atoms with E-state index in [2.05, 4.69) is 0 Å². The van der Waals surface area contributed by atoms with Gasteiger partial charge in [0.05, 0.1) is 12.7 Å². The molecule has 0 aromatic heterocycles. The monoisotopic (exact) mass is 300 g/mol. The van der Waals surface area contributed by atoms with E-state index in [1.807, 2.05) is 19.1 Å². The number of allylic oxidation sites excluding steroid dienone is 1. The van der Waals surface area contributed by atoms with E-state index in [-0.39, 0.29) is 5.78 Å². The van der Waals surface area contributed by atoms with Crippen LogP contribution in [0.3, 0.4) is 0 Å². The van der Waals surface area contributed by atoms with Crippen LogP contribution in [0.15, 0.2) is 42.2 Å².